The lowest BCUT2D eigenvalue weighted by Crippen LogP contribution is -2.54. The van der Waals surface area contributed by atoms with Crippen LogP contribution in [0, 0.1) is 27.4 Å². The summed E-state index contributed by atoms with van der Waals surface area (Å²) in [5, 5.41) is 42.7. The van der Waals surface area contributed by atoms with Crippen molar-refractivity contribution in [3.8, 4) is 6.07 Å². The van der Waals surface area contributed by atoms with Crippen LogP contribution in [0.25, 0.3) is 0 Å². The molecule has 1 unspecified atom stereocenters. The van der Waals surface area contributed by atoms with E-state index in [0.717, 1.165) is 44.9 Å². The van der Waals surface area contributed by atoms with Crippen LogP contribution in [0.15, 0.2) is 4.99 Å². The highest BCUT2D eigenvalue weighted by atomic mass is 16.7. The topological polar surface area (TPSA) is 216 Å². The van der Waals surface area contributed by atoms with Gasteiger partial charge in [0.1, 0.15) is 6.04 Å². The van der Waals surface area contributed by atoms with Gasteiger partial charge in [-0.2, -0.15) is 5.26 Å². The maximum absolute atomic E-state index is 12.9. The van der Waals surface area contributed by atoms with Crippen molar-refractivity contribution in [3.63, 3.8) is 0 Å². The number of hydrogen-bond donors (Lipinski definition) is 6. The van der Waals surface area contributed by atoms with E-state index >= 15 is 0 Å². The van der Waals surface area contributed by atoms with Crippen molar-refractivity contribution >= 4 is 24.9 Å². The molecule has 0 bridgehead atoms. The predicted octanol–water partition coefficient (Wildman–Crippen LogP) is 1.31. The van der Waals surface area contributed by atoms with E-state index in [1.807, 2.05) is 13.8 Å². The zero-order chi connectivity index (χ0) is 28.1. The Kier molecular flexibility index (Phi) is 19.5. The standard InChI is InChI=1S/C23H44BN7O6/c1-18(2)17-20(24(34)35)29-22(33)19(13-12-16-27-23(26)30-31(36)37)28-21(32)14-10-8-6-4-3-5-7-9-11-15-25/h18-20,34-35H,3-14,16-17H2,1-2H3,(H,28,32)(H,29,33)(H3,26,27,30)/t19-,20?/m0/s1. The number of unbranched alkanes of at least 4 members (excludes halogenated alkanes) is 8. The Morgan fingerprint density at radius 3 is 2.19 bits per heavy atom. The second kappa shape index (κ2) is 21.2. The molecule has 210 valence electrons. The minimum Gasteiger partial charge on any atom is -0.426 e. The Labute approximate surface area is 219 Å². The monoisotopic (exact) mass is 525 g/mol. The molecule has 0 spiro atoms. The first-order chi connectivity index (χ1) is 17.6. The van der Waals surface area contributed by atoms with Crippen molar-refractivity contribution in [1.29, 1.82) is 5.26 Å². The minimum absolute atomic E-state index is 0.0981. The number of carbonyl (C=O) groups is 2. The molecule has 0 fully saturated rings. The summed E-state index contributed by atoms with van der Waals surface area (Å²) >= 11 is 0. The number of nitro groups is 1. The third-order valence-corrected chi connectivity index (χ3v) is 5.65. The molecule has 0 aromatic heterocycles. The van der Waals surface area contributed by atoms with Crippen LogP contribution in [0.3, 0.4) is 0 Å². The highest BCUT2D eigenvalue weighted by molar-refractivity contribution is 6.43. The second-order valence-electron chi connectivity index (χ2n) is 9.54. The first kappa shape index (κ1) is 34.1. The Morgan fingerprint density at radius 2 is 1.65 bits per heavy atom. The lowest BCUT2D eigenvalue weighted by atomic mass is 9.75. The number of hydrogen-bond acceptors (Lipinski definition) is 8. The van der Waals surface area contributed by atoms with Crippen LogP contribution in [0.2, 0.25) is 0 Å². The van der Waals surface area contributed by atoms with E-state index in [4.69, 9.17) is 11.0 Å². The Morgan fingerprint density at radius 1 is 1.05 bits per heavy atom. The predicted molar refractivity (Wildman–Crippen MR) is 141 cm³/mol. The number of nitrogens with two attached hydrogens (primary N) is 1. The fourth-order valence-corrected chi connectivity index (χ4v) is 3.76. The summed E-state index contributed by atoms with van der Waals surface area (Å²) in [6.45, 7) is 3.87. The van der Waals surface area contributed by atoms with Crippen LogP contribution < -0.4 is 21.8 Å². The van der Waals surface area contributed by atoms with Gasteiger partial charge in [-0.25, -0.2) is 15.1 Å². The summed E-state index contributed by atoms with van der Waals surface area (Å²) < 4.78 is 0. The van der Waals surface area contributed by atoms with Crippen molar-refractivity contribution < 1.29 is 24.7 Å². The summed E-state index contributed by atoms with van der Waals surface area (Å²) in [5.74, 6) is -1.96. The van der Waals surface area contributed by atoms with E-state index in [-0.39, 0.29) is 37.2 Å². The number of hydrazine groups is 1. The Balaban J connectivity index is 4.71. The summed E-state index contributed by atoms with van der Waals surface area (Å²) in [6, 6.07) is 1.22. The van der Waals surface area contributed by atoms with Gasteiger partial charge in [-0.3, -0.25) is 9.59 Å². The SMILES string of the molecule is CC(C)CC(NC(=O)[C@H](CCCN=C(N)N[N+](=O)[O-])NC(=O)CCCCCCCCCCC#N)B(O)O. The molecule has 0 aliphatic carbocycles. The number of amides is 2. The summed E-state index contributed by atoms with van der Waals surface area (Å²) in [4.78, 5) is 39.6. The zero-order valence-electron chi connectivity index (χ0n) is 22.2. The second-order valence-corrected chi connectivity index (χ2v) is 9.54. The molecular formula is C23H44BN7O6. The first-order valence-electron chi connectivity index (χ1n) is 13.1. The molecular weight excluding hydrogens is 481 g/mol. The van der Waals surface area contributed by atoms with Crippen LogP contribution in [0.5, 0.6) is 0 Å². The van der Waals surface area contributed by atoms with E-state index in [1.54, 1.807) is 5.43 Å². The van der Waals surface area contributed by atoms with Crippen LogP contribution in [-0.2, 0) is 9.59 Å². The first-order valence-corrected chi connectivity index (χ1v) is 13.1. The molecule has 2 atom stereocenters. The number of nitrogens with zero attached hydrogens (tertiary/aromatic N) is 3. The molecule has 14 heteroatoms. The molecule has 0 rings (SSSR count). The molecule has 13 nitrogen and oxygen atoms in total. The van der Waals surface area contributed by atoms with Crippen molar-refractivity contribution in [1.82, 2.24) is 16.1 Å². The van der Waals surface area contributed by atoms with Crippen LogP contribution in [0.1, 0.15) is 97.3 Å². The van der Waals surface area contributed by atoms with E-state index in [0.29, 0.717) is 25.7 Å². The average Bonchev–Trinajstić information content (AvgIpc) is 2.80. The number of rotatable bonds is 21. The Hall–Kier alpha value is -2.92. The maximum Gasteiger partial charge on any atom is 0.475 e. The molecule has 0 saturated heterocycles. The van der Waals surface area contributed by atoms with Crippen molar-refractivity contribution in [2.45, 2.75) is 109 Å². The van der Waals surface area contributed by atoms with E-state index in [1.165, 1.54) is 0 Å². The third kappa shape index (κ3) is 19.9. The largest absolute Gasteiger partial charge is 0.475 e. The molecule has 37 heavy (non-hydrogen) atoms. The van der Waals surface area contributed by atoms with Gasteiger partial charge in [-0.1, -0.05) is 57.8 Å². The smallest absolute Gasteiger partial charge is 0.426 e. The summed E-state index contributed by atoms with van der Waals surface area (Å²) in [5.41, 5.74) is 7.11. The fourth-order valence-electron chi connectivity index (χ4n) is 3.76. The van der Waals surface area contributed by atoms with Gasteiger partial charge >= 0.3 is 7.12 Å². The van der Waals surface area contributed by atoms with Gasteiger partial charge in [0.05, 0.1) is 12.0 Å². The highest BCUT2D eigenvalue weighted by Crippen LogP contribution is 2.11. The molecule has 0 aliphatic heterocycles. The average molecular weight is 525 g/mol. The maximum atomic E-state index is 12.9. The normalized spacial score (nSPS) is 12.9. The lowest BCUT2D eigenvalue weighted by molar-refractivity contribution is -0.525. The van der Waals surface area contributed by atoms with Crippen molar-refractivity contribution in [3.05, 3.63) is 10.1 Å². The van der Waals surface area contributed by atoms with Crippen molar-refractivity contribution in [2.24, 2.45) is 16.6 Å². The highest BCUT2D eigenvalue weighted by Gasteiger charge is 2.29. The number of guanidine groups is 1. The van der Waals surface area contributed by atoms with Crippen LogP contribution in [0.4, 0.5) is 0 Å². The van der Waals surface area contributed by atoms with Gasteiger partial charge in [0.25, 0.3) is 5.96 Å². The van der Waals surface area contributed by atoms with Gasteiger partial charge in [0, 0.05) is 19.4 Å². The molecule has 0 radical (unpaired) electrons. The van der Waals surface area contributed by atoms with Gasteiger partial charge in [0.15, 0.2) is 5.03 Å². The molecule has 7 N–H and O–H groups in total. The molecule has 0 aliphatic rings. The molecule has 2 amide bonds. The quantitative estimate of drug-likeness (QED) is 0.0317. The van der Waals surface area contributed by atoms with Crippen LogP contribution >= 0.6 is 0 Å². The summed E-state index contributed by atoms with van der Waals surface area (Å²) in [7, 11) is -1.74. The van der Waals surface area contributed by atoms with E-state index in [2.05, 4.69) is 21.7 Å². The van der Waals surface area contributed by atoms with E-state index in [9.17, 15) is 29.8 Å². The van der Waals surface area contributed by atoms with Crippen LogP contribution in [-0.4, -0.2) is 58.5 Å². The molecule has 0 aromatic carbocycles. The third-order valence-electron chi connectivity index (χ3n) is 5.65. The number of aliphatic imine (C=N–C) groups is 1. The Bertz CT molecular complexity index is 746. The van der Waals surface area contributed by atoms with Gasteiger partial charge in [-0.15, -0.1) is 0 Å². The fraction of sp³-hybridized carbons (Fsp3) is 0.826. The van der Waals surface area contributed by atoms with Gasteiger partial charge < -0.3 is 26.4 Å². The number of nitriles is 1. The zero-order valence-corrected chi connectivity index (χ0v) is 22.2. The number of carbonyl (C=O) groups excluding carboxylic acids is 2. The van der Waals surface area contributed by atoms with Gasteiger partial charge in [-0.05, 0) is 38.0 Å². The minimum atomic E-state index is -1.74. The molecule has 0 heterocycles. The summed E-state index contributed by atoms with van der Waals surface area (Å²) in [6.07, 6.45) is 9.61. The lowest BCUT2D eigenvalue weighted by Gasteiger charge is -2.24. The van der Waals surface area contributed by atoms with Crippen molar-refractivity contribution in [2.75, 3.05) is 6.54 Å². The molecule has 0 aromatic rings. The number of nitrogens with one attached hydrogen (secondary N) is 3. The van der Waals surface area contributed by atoms with Gasteiger partial charge in [0.2, 0.25) is 11.8 Å². The molecule has 0 saturated carbocycles. The van der Waals surface area contributed by atoms with E-state index < -0.39 is 30.0 Å².